The summed E-state index contributed by atoms with van der Waals surface area (Å²) in [7, 11) is 1.60. The molecule has 0 saturated carbocycles. The van der Waals surface area contributed by atoms with Crippen LogP contribution in [0.1, 0.15) is 25.3 Å². The third-order valence-electron chi connectivity index (χ3n) is 3.57. The molecule has 21 heavy (non-hydrogen) atoms. The van der Waals surface area contributed by atoms with Gasteiger partial charge >= 0.3 is 5.69 Å². The van der Waals surface area contributed by atoms with Crippen molar-refractivity contribution in [3.8, 4) is 11.4 Å². The van der Waals surface area contributed by atoms with Gasteiger partial charge in [0.25, 0.3) is 0 Å². The molecule has 0 aliphatic rings. The highest BCUT2D eigenvalue weighted by Crippen LogP contribution is 2.28. The summed E-state index contributed by atoms with van der Waals surface area (Å²) in [6, 6.07) is 9.58. The Morgan fingerprint density at radius 2 is 2.10 bits per heavy atom. The standard InChI is InChI=1S/C16H17N3O2/c1-10(2)11-6-7-14(21-3)13(9-11)19-12-5-4-8-17-15(12)18-16(19)20/h4-10H,1-3H3,(H,17,18,20). The molecule has 2 aromatic heterocycles. The zero-order chi connectivity index (χ0) is 15.0. The van der Waals surface area contributed by atoms with Crippen molar-refractivity contribution in [2.75, 3.05) is 7.11 Å². The van der Waals surface area contributed by atoms with E-state index in [9.17, 15) is 4.79 Å². The minimum atomic E-state index is -0.220. The lowest BCUT2D eigenvalue weighted by molar-refractivity contribution is 0.412. The summed E-state index contributed by atoms with van der Waals surface area (Å²) in [4.78, 5) is 19.3. The molecule has 0 aliphatic carbocycles. The summed E-state index contributed by atoms with van der Waals surface area (Å²) in [5.41, 5.74) is 2.97. The maximum Gasteiger partial charge on any atom is 0.332 e. The molecule has 5 nitrogen and oxygen atoms in total. The highest BCUT2D eigenvalue weighted by atomic mass is 16.5. The zero-order valence-corrected chi connectivity index (χ0v) is 12.3. The van der Waals surface area contributed by atoms with Gasteiger partial charge < -0.3 is 4.74 Å². The van der Waals surface area contributed by atoms with Crippen LogP contribution in [0.15, 0.2) is 41.3 Å². The number of aromatic nitrogens is 3. The zero-order valence-electron chi connectivity index (χ0n) is 12.3. The monoisotopic (exact) mass is 283 g/mol. The van der Waals surface area contributed by atoms with Gasteiger partial charge in [-0.3, -0.25) is 9.55 Å². The number of pyridine rings is 1. The first-order valence-electron chi connectivity index (χ1n) is 6.86. The Balaban J connectivity index is 2.34. The van der Waals surface area contributed by atoms with Crippen molar-refractivity contribution in [3.63, 3.8) is 0 Å². The van der Waals surface area contributed by atoms with Crippen LogP contribution in [0.2, 0.25) is 0 Å². The normalized spacial score (nSPS) is 11.2. The van der Waals surface area contributed by atoms with Gasteiger partial charge in [-0.05, 0) is 35.7 Å². The first kappa shape index (κ1) is 13.4. The number of H-pyrrole nitrogens is 1. The average molecular weight is 283 g/mol. The number of rotatable bonds is 3. The lowest BCUT2D eigenvalue weighted by Gasteiger charge is -2.13. The van der Waals surface area contributed by atoms with Crippen molar-refractivity contribution >= 4 is 11.2 Å². The van der Waals surface area contributed by atoms with Crippen molar-refractivity contribution in [3.05, 3.63) is 52.6 Å². The van der Waals surface area contributed by atoms with Crippen LogP contribution >= 0.6 is 0 Å². The van der Waals surface area contributed by atoms with E-state index in [0.717, 1.165) is 16.8 Å². The Kier molecular flexibility index (Phi) is 3.25. The molecule has 1 aromatic carbocycles. The van der Waals surface area contributed by atoms with Crippen LogP contribution in [0, 0.1) is 0 Å². The number of aromatic amines is 1. The quantitative estimate of drug-likeness (QED) is 0.804. The number of ether oxygens (including phenoxy) is 1. The SMILES string of the molecule is COc1ccc(C(C)C)cc1-n1c(=O)[nH]c2ncccc21. The predicted octanol–water partition coefficient (Wildman–Crippen LogP) is 2.85. The van der Waals surface area contributed by atoms with Gasteiger partial charge in [-0.2, -0.15) is 0 Å². The van der Waals surface area contributed by atoms with Crippen molar-refractivity contribution in [1.82, 2.24) is 14.5 Å². The molecule has 5 heteroatoms. The Labute approximate surface area is 122 Å². The topological polar surface area (TPSA) is 59.9 Å². The molecule has 0 unspecified atom stereocenters. The second-order valence-corrected chi connectivity index (χ2v) is 5.22. The molecule has 0 amide bonds. The van der Waals surface area contributed by atoms with Gasteiger partial charge in [0.1, 0.15) is 5.75 Å². The average Bonchev–Trinajstić information content (AvgIpc) is 2.82. The molecule has 108 valence electrons. The molecule has 1 N–H and O–H groups in total. The molecule has 0 saturated heterocycles. The number of methoxy groups -OCH3 is 1. The number of nitrogens with one attached hydrogen (secondary N) is 1. The van der Waals surface area contributed by atoms with Gasteiger partial charge in [0.15, 0.2) is 5.65 Å². The van der Waals surface area contributed by atoms with Crippen LogP contribution in [-0.4, -0.2) is 21.6 Å². The van der Waals surface area contributed by atoms with Crippen LogP contribution in [0.4, 0.5) is 0 Å². The fourth-order valence-electron chi connectivity index (χ4n) is 2.42. The van der Waals surface area contributed by atoms with Gasteiger partial charge in [-0.25, -0.2) is 9.78 Å². The van der Waals surface area contributed by atoms with Gasteiger partial charge in [0.2, 0.25) is 0 Å². The molecule has 3 aromatic rings. The Morgan fingerprint density at radius 3 is 2.81 bits per heavy atom. The summed E-state index contributed by atoms with van der Waals surface area (Å²) in [6.45, 7) is 4.23. The Morgan fingerprint density at radius 1 is 1.29 bits per heavy atom. The molecule has 0 atom stereocenters. The predicted molar refractivity (Wildman–Crippen MR) is 82.3 cm³/mol. The minimum Gasteiger partial charge on any atom is -0.495 e. The molecule has 0 bridgehead atoms. The van der Waals surface area contributed by atoms with E-state index in [1.165, 1.54) is 0 Å². The summed E-state index contributed by atoms with van der Waals surface area (Å²) in [6.07, 6.45) is 1.66. The Hall–Kier alpha value is -2.56. The number of nitrogens with zero attached hydrogens (tertiary/aromatic N) is 2. The van der Waals surface area contributed by atoms with Crippen LogP contribution in [-0.2, 0) is 0 Å². The first-order chi connectivity index (χ1) is 10.1. The molecule has 0 fully saturated rings. The maximum atomic E-state index is 12.3. The van der Waals surface area contributed by atoms with E-state index >= 15 is 0 Å². The van der Waals surface area contributed by atoms with E-state index in [1.807, 2.05) is 30.3 Å². The Bertz CT molecular complexity index is 846. The molecule has 0 spiro atoms. The fourth-order valence-corrected chi connectivity index (χ4v) is 2.42. The number of hydrogen-bond donors (Lipinski definition) is 1. The summed E-state index contributed by atoms with van der Waals surface area (Å²) < 4.78 is 7.02. The van der Waals surface area contributed by atoms with E-state index in [4.69, 9.17) is 4.74 Å². The second-order valence-electron chi connectivity index (χ2n) is 5.22. The smallest absolute Gasteiger partial charge is 0.332 e. The van der Waals surface area contributed by atoms with E-state index < -0.39 is 0 Å². The van der Waals surface area contributed by atoms with Crippen molar-refractivity contribution in [2.24, 2.45) is 0 Å². The largest absolute Gasteiger partial charge is 0.495 e. The maximum absolute atomic E-state index is 12.3. The lowest BCUT2D eigenvalue weighted by Crippen LogP contribution is -2.15. The van der Waals surface area contributed by atoms with E-state index in [0.29, 0.717) is 17.3 Å². The second kappa shape index (κ2) is 5.09. The van der Waals surface area contributed by atoms with E-state index in [2.05, 4.69) is 23.8 Å². The third-order valence-corrected chi connectivity index (χ3v) is 3.57. The lowest BCUT2D eigenvalue weighted by atomic mass is 10.0. The summed E-state index contributed by atoms with van der Waals surface area (Å²) >= 11 is 0. The highest BCUT2D eigenvalue weighted by molar-refractivity contribution is 5.74. The van der Waals surface area contributed by atoms with Gasteiger partial charge in [-0.15, -0.1) is 0 Å². The van der Waals surface area contributed by atoms with Crippen molar-refractivity contribution in [2.45, 2.75) is 19.8 Å². The number of hydrogen-bond acceptors (Lipinski definition) is 3. The molecular formula is C16H17N3O2. The third kappa shape index (κ3) is 2.20. The van der Waals surface area contributed by atoms with Crippen LogP contribution in [0.5, 0.6) is 5.75 Å². The first-order valence-corrected chi connectivity index (χ1v) is 6.86. The number of benzene rings is 1. The van der Waals surface area contributed by atoms with Gasteiger partial charge in [0, 0.05) is 6.20 Å². The van der Waals surface area contributed by atoms with Crippen molar-refractivity contribution < 1.29 is 4.74 Å². The molecule has 0 radical (unpaired) electrons. The number of fused-ring (bicyclic) bond motifs is 1. The molecule has 2 heterocycles. The molecule has 3 rings (SSSR count). The molecular weight excluding hydrogens is 266 g/mol. The fraction of sp³-hybridized carbons (Fsp3) is 0.250. The summed E-state index contributed by atoms with van der Waals surface area (Å²) in [5.74, 6) is 1.03. The molecule has 0 aliphatic heterocycles. The van der Waals surface area contributed by atoms with Crippen LogP contribution in [0.25, 0.3) is 16.9 Å². The van der Waals surface area contributed by atoms with Crippen LogP contribution < -0.4 is 10.4 Å². The number of imidazole rings is 1. The van der Waals surface area contributed by atoms with E-state index in [1.54, 1.807) is 17.9 Å². The highest BCUT2D eigenvalue weighted by Gasteiger charge is 2.14. The summed E-state index contributed by atoms with van der Waals surface area (Å²) in [5, 5.41) is 0. The van der Waals surface area contributed by atoms with E-state index in [-0.39, 0.29) is 5.69 Å². The van der Waals surface area contributed by atoms with Gasteiger partial charge in [-0.1, -0.05) is 19.9 Å². The minimum absolute atomic E-state index is 0.220. The van der Waals surface area contributed by atoms with Gasteiger partial charge in [0.05, 0.1) is 18.3 Å². The van der Waals surface area contributed by atoms with Crippen molar-refractivity contribution in [1.29, 1.82) is 0 Å². The van der Waals surface area contributed by atoms with Crippen LogP contribution in [0.3, 0.4) is 0 Å².